The summed E-state index contributed by atoms with van der Waals surface area (Å²) in [4.78, 5) is 23.8. The van der Waals surface area contributed by atoms with Gasteiger partial charge in [0.1, 0.15) is 0 Å². The van der Waals surface area contributed by atoms with Gasteiger partial charge in [0, 0.05) is 17.5 Å². The molecule has 0 saturated carbocycles. The standard InChI is InChI=1S/C22H24F3NO5/c1-21(2,15-6-5-7-16(11-15)22(23,24)25)13-26-20(28)14-8-9-17(18(10-14)29-3)31-12-19(27)30-4/h5-11H,12-13H2,1-4H3,(H,26,28). The van der Waals surface area contributed by atoms with Crippen molar-refractivity contribution < 1.29 is 37.0 Å². The number of alkyl halides is 3. The highest BCUT2D eigenvalue weighted by Crippen LogP contribution is 2.33. The van der Waals surface area contributed by atoms with Crippen LogP contribution in [0.25, 0.3) is 0 Å². The highest BCUT2D eigenvalue weighted by atomic mass is 19.4. The minimum Gasteiger partial charge on any atom is -0.493 e. The quantitative estimate of drug-likeness (QED) is 0.630. The van der Waals surface area contributed by atoms with Gasteiger partial charge in [-0.25, -0.2) is 4.79 Å². The molecule has 1 amide bonds. The molecular formula is C22H24F3NO5. The molecule has 0 aliphatic carbocycles. The van der Waals surface area contributed by atoms with Gasteiger partial charge >= 0.3 is 12.1 Å². The van der Waals surface area contributed by atoms with Crippen molar-refractivity contribution in [2.45, 2.75) is 25.4 Å². The number of carbonyl (C=O) groups excluding carboxylic acids is 2. The lowest BCUT2D eigenvalue weighted by molar-refractivity contribution is -0.143. The van der Waals surface area contributed by atoms with E-state index in [1.165, 1.54) is 38.5 Å². The van der Waals surface area contributed by atoms with Gasteiger partial charge in [0.15, 0.2) is 18.1 Å². The van der Waals surface area contributed by atoms with E-state index in [2.05, 4.69) is 10.1 Å². The first-order chi connectivity index (χ1) is 14.5. The summed E-state index contributed by atoms with van der Waals surface area (Å²) < 4.78 is 54.0. The number of methoxy groups -OCH3 is 2. The molecule has 6 nitrogen and oxygen atoms in total. The van der Waals surface area contributed by atoms with Gasteiger partial charge in [-0.05, 0) is 29.8 Å². The van der Waals surface area contributed by atoms with Crippen molar-refractivity contribution in [1.82, 2.24) is 5.32 Å². The van der Waals surface area contributed by atoms with Gasteiger partial charge in [-0.2, -0.15) is 13.2 Å². The van der Waals surface area contributed by atoms with Crippen LogP contribution in [0.3, 0.4) is 0 Å². The molecule has 0 aromatic heterocycles. The third-order valence-electron chi connectivity index (χ3n) is 4.66. The van der Waals surface area contributed by atoms with Gasteiger partial charge in [-0.1, -0.05) is 32.0 Å². The first-order valence-electron chi connectivity index (χ1n) is 9.31. The first-order valence-corrected chi connectivity index (χ1v) is 9.31. The number of ether oxygens (including phenoxy) is 3. The zero-order valence-electron chi connectivity index (χ0n) is 17.6. The number of nitrogens with one attached hydrogen (secondary N) is 1. The number of halogens is 3. The monoisotopic (exact) mass is 439 g/mol. The van der Waals surface area contributed by atoms with Crippen molar-refractivity contribution in [1.29, 1.82) is 0 Å². The lowest BCUT2D eigenvalue weighted by Gasteiger charge is -2.26. The Kier molecular flexibility index (Phi) is 7.54. The number of hydrogen-bond acceptors (Lipinski definition) is 5. The van der Waals surface area contributed by atoms with Gasteiger partial charge in [0.05, 0.1) is 19.8 Å². The molecule has 0 saturated heterocycles. The molecule has 2 aromatic carbocycles. The molecule has 168 valence electrons. The molecular weight excluding hydrogens is 415 g/mol. The highest BCUT2D eigenvalue weighted by Gasteiger charge is 2.32. The van der Waals surface area contributed by atoms with E-state index in [0.717, 1.165) is 12.1 Å². The highest BCUT2D eigenvalue weighted by molar-refractivity contribution is 5.95. The maximum absolute atomic E-state index is 13.0. The van der Waals surface area contributed by atoms with Crippen LogP contribution < -0.4 is 14.8 Å². The van der Waals surface area contributed by atoms with Crippen LogP contribution in [0.2, 0.25) is 0 Å². The second-order valence-corrected chi connectivity index (χ2v) is 7.38. The van der Waals surface area contributed by atoms with Crippen molar-refractivity contribution in [3.05, 3.63) is 59.2 Å². The van der Waals surface area contributed by atoms with E-state index in [4.69, 9.17) is 9.47 Å². The van der Waals surface area contributed by atoms with Crippen LogP contribution in [0.5, 0.6) is 11.5 Å². The zero-order valence-corrected chi connectivity index (χ0v) is 17.6. The molecule has 0 fully saturated rings. The SMILES string of the molecule is COC(=O)COc1ccc(C(=O)NCC(C)(C)c2cccc(C(F)(F)F)c2)cc1OC. The van der Waals surface area contributed by atoms with Gasteiger partial charge in [-0.3, -0.25) is 4.79 Å². The van der Waals surface area contributed by atoms with E-state index in [9.17, 15) is 22.8 Å². The minimum atomic E-state index is -4.44. The molecule has 31 heavy (non-hydrogen) atoms. The molecule has 0 aliphatic heterocycles. The molecule has 0 aliphatic rings. The summed E-state index contributed by atoms with van der Waals surface area (Å²) in [6, 6.07) is 9.45. The van der Waals surface area contributed by atoms with E-state index < -0.39 is 29.0 Å². The van der Waals surface area contributed by atoms with Gasteiger partial charge < -0.3 is 19.5 Å². The Morgan fingerprint density at radius 2 is 1.65 bits per heavy atom. The number of benzene rings is 2. The maximum Gasteiger partial charge on any atom is 0.416 e. The van der Waals surface area contributed by atoms with E-state index in [1.54, 1.807) is 19.9 Å². The van der Waals surface area contributed by atoms with Crippen molar-refractivity contribution in [3.63, 3.8) is 0 Å². The Labute approximate surface area is 178 Å². The van der Waals surface area contributed by atoms with E-state index >= 15 is 0 Å². The third kappa shape index (κ3) is 6.37. The number of esters is 1. The first kappa shape index (κ1) is 24.0. The van der Waals surface area contributed by atoms with Crippen LogP contribution in [-0.2, 0) is 21.1 Å². The smallest absolute Gasteiger partial charge is 0.416 e. The second-order valence-electron chi connectivity index (χ2n) is 7.38. The number of carbonyl (C=O) groups is 2. The fourth-order valence-electron chi connectivity index (χ4n) is 2.75. The molecule has 2 rings (SSSR count). The van der Waals surface area contributed by atoms with Crippen LogP contribution in [-0.4, -0.2) is 39.2 Å². The molecule has 9 heteroatoms. The molecule has 0 bridgehead atoms. The van der Waals surface area contributed by atoms with Crippen molar-refractivity contribution in [2.24, 2.45) is 0 Å². The Morgan fingerprint density at radius 3 is 2.26 bits per heavy atom. The van der Waals surface area contributed by atoms with Crippen LogP contribution >= 0.6 is 0 Å². The topological polar surface area (TPSA) is 73.9 Å². The third-order valence-corrected chi connectivity index (χ3v) is 4.66. The fraction of sp³-hybridized carbons (Fsp3) is 0.364. The molecule has 2 aromatic rings. The van der Waals surface area contributed by atoms with Crippen molar-refractivity contribution in [2.75, 3.05) is 27.4 Å². The minimum absolute atomic E-state index is 0.107. The predicted octanol–water partition coefficient (Wildman–Crippen LogP) is 3.97. The number of hydrogen-bond donors (Lipinski definition) is 1. The Morgan fingerprint density at radius 1 is 0.968 bits per heavy atom. The van der Waals surface area contributed by atoms with Gasteiger partial charge in [-0.15, -0.1) is 0 Å². The van der Waals surface area contributed by atoms with Gasteiger partial charge in [0.25, 0.3) is 5.91 Å². The van der Waals surface area contributed by atoms with Crippen LogP contribution in [0.4, 0.5) is 13.2 Å². The summed E-state index contributed by atoms with van der Waals surface area (Å²) in [6.45, 7) is 3.28. The van der Waals surface area contributed by atoms with Crippen molar-refractivity contribution in [3.8, 4) is 11.5 Å². The average molecular weight is 439 g/mol. The Balaban J connectivity index is 2.10. The summed E-state index contributed by atoms with van der Waals surface area (Å²) in [6.07, 6.45) is -4.44. The van der Waals surface area contributed by atoms with E-state index in [-0.39, 0.29) is 30.2 Å². The molecule has 0 atom stereocenters. The van der Waals surface area contributed by atoms with Crippen LogP contribution in [0.15, 0.2) is 42.5 Å². The number of rotatable bonds is 8. The largest absolute Gasteiger partial charge is 0.493 e. The molecule has 1 N–H and O–H groups in total. The summed E-state index contributed by atoms with van der Waals surface area (Å²) in [5, 5.41) is 2.74. The molecule has 0 radical (unpaired) electrons. The lowest BCUT2D eigenvalue weighted by Crippen LogP contribution is -2.36. The normalized spacial score (nSPS) is 11.6. The van der Waals surface area contributed by atoms with Crippen molar-refractivity contribution >= 4 is 11.9 Å². The predicted molar refractivity (Wildman–Crippen MR) is 107 cm³/mol. The number of amides is 1. The molecule has 0 unspecified atom stereocenters. The summed E-state index contributed by atoms with van der Waals surface area (Å²) in [7, 11) is 2.62. The zero-order chi connectivity index (χ0) is 23.2. The van der Waals surface area contributed by atoms with E-state index in [0.29, 0.717) is 5.56 Å². The molecule has 0 heterocycles. The Hall–Kier alpha value is -3.23. The second kappa shape index (κ2) is 9.72. The molecule has 0 spiro atoms. The lowest BCUT2D eigenvalue weighted by atomic mass is 9.83. The van der Waals surface area contributed by atoms with Gasteiger partial charge in [0.2, 0.25) is 0 Å². The average Bonchev–Trinajstić information content (AvgIpc) is 2.75. The summed E-state index contributed by atoms with van der Waals surface area (Å²) >= 11 is 0. The fourth-order valence-corrected chi connectivity index (χ4v) is 2.75. The Bertz CT molecular complexity index is 941. The van der Waals surface area contributed by atoms with E-state index in [1.807, 2.05) is 0 Å². The summed E-state index contributed by atoms with van der Waals surface area (Å²) in [5.74, 6) is -0.499. The summed E-state index contributed by atoms with van der Waals surface area (Å²) in [5.41, 5.74) is -0.768. The van der Waals surface area contributed by atoms with Crippen LogP contribution in [0.1, 0.15) is 35.3 Å². The maximum atomic E-state index is 13.0. The van der Waals surface area contributed by atoms with Crippen LogP contribution in [0, 0.1) is 0 Å².